The molecule has 3 heteroatoms. The average Bonchev–Trinajstić information content (AvgIpc) is 2.38. The molecule has 0 aromatic rings. The van der Waals surface area contributed by atoms with Gasteiger partial charge >= 0.3 is 0 Å². The van der Waals surface area contributed by atoms with Crippen LogP contribution >= 0.6 is 0 Å². The van der Waals surface area contributed by atoms with E-state index in [1.54, 1.807) is 7.11 Å². The van der Waals surface area contributed by atoms with E-state index in [4.69, 9.17) is 9.47 Å². The Balaban J connectivity index is 2.24. The maximum Gasteiger partial charge on any atom is 0.0932 e. The van der Waals surface area contributed by atoms with E-state index in [0.29, 0.717) is 12.5 Å². The summed E-state index contributed by atoms with van der Waals surface area (Å²) in [5.41, 5.74) is 0. The molecule has 106 valence electrons. The first-order valence-corrected chi connectivity index (χ1v) is 7.24. The second kappa shape index (κ2) is 9.54. The molecule has 0 spiro atoms. The normalized spacial score (nSPS) is 25.3. The zero-order valence-electron chi connectivity index (χ0n) is 12.2. The van der Waals surface area contributed by atoms with Gasteiger partial charge in [0.15, 0.2) is 0 Å². The molecular formula is C15H29NO2. The number of rotatable bonds is 9. The lowest BCUT2D eigenvalue weighted by Crippen LogP contribution is -2.35. The molecule has 18 heavy (non-hydrogen) atoms. The van der Waals surface area contributed by atoms with Gasteiger partial charge in [-0.2, -0.15) is 0 Å². The van der Waals surface area contributed by atoms with E-state index in [9.17, 15) is 0 Å². The van der Waals surface area contributed by atoms with Crippen LogP contribution in [0.15, 0.2) is 12.2 Å². The van der Waals surface area contributed by atoms with Gasteiger partial charge in [-0.25, -0.2) is 0 Å². The third kappa shape index (κ3) is 5.98. The lowest BCUT2D eigenvalue weighted by atomic mass is 9.85. The largest absolute Gasteiger partial charge is 0.382 e. The van der Waals surface area contributed by atoms with Crippen molar-refractivity contribution in [1.29, 1.82) is 0 Å². The molecule has 1 aliphatic carbocycles. The summed E-state index contributed by atoms with van der Waals surface area (Å²) in [6, 6.07) is 0. The Morgan fingerprint density at radius 3 is 2.78 bits per heavy atom. The zero-order valence-corrected chi connectivity index (χ0v) is 12.2. The van der Waals surface area contributed by atoms with Gasteiger partial charge in [-0.1, -0.05) is 26.0 Å². The van der Waals surface area contributed by atoms with Gasteiger partial charge in [-0.3, -0.25) is 0 Å². The van der Waals surface area contributed by atoms with Crippen LogP contribution in [-0.4, -0.2) is 39.5 Å². The van der Waals surface area contributed by atoms with Crippen LogP contribution in [0.1, 0.15) is 33.1 Å². The van der Waals surface area contributed by atoms with Crippen LogP contribution in [0.3, 0.4) is 0 Å². The van der Waals surface area contributed by atoms with Crippen LogP contribution in [0.25, 0.3) is 0 Å². The SMILES string of the molecule is CCCNCC(COC)OCC1CC=CCC1C. The first kappa shape index (κ1) is 15.7. The molecule has 3 nitrogen and oxygen atoms in total. The van der Waals surface area contributed by atoms with Gasteiger partial charge in [0, 0.05) is 13.7 Å². The molecule has 3 atom stereocenters. The van der Waals surface area contributed by atoms with Gasteiger partial charge in [-0.15, -0.1) is 0 Å². The van der Waals surface area contributed by atoms with Crippen LogP contribution in [0.2, 0.25) is 0 Å². The maximum absolute atomic E-state index is 6.02. The Labute approximate surface area is 112 Å². The third-order valence-corrected chi connectivity index (χ3v) is 3.62. The molecule has 0 saturated heterocycles. The van der Waals surface area contributed by atoms with E-state index in [1.807, 2.05) is 0 Å². The van der Waals surface area contributed by atoms with Gasteiger partial charge in [0.1, 0.15) is 0 Å². The molecule has 0 heterocycles. The van der Waals surface area contributed by atoms with E-state index in [-0.39, 0.29) is 6.10 Å². The second-order valence-electron chi connectivity index (χ2n) is 5.29. The minimum Gasteiger partial charge on any atom is -0.382 e. The fourth-order valence-electron chi connectivity index (χ4n) is 2.29. The summed E-state index contributed by atoms with van der Waals surface area (Å²) in [5.74, 6) is 1.40. The van der Waals surface area contributed by atoms with Crippen molar-refractivity contribution in [2.45, 2.75) is 39.2 Å². The molecule has 0 aromatic heterocycles. The zero-order chi connectivity index (χ0) is 13.2. The Hall–Kier alpha value is -0.380. The topological polar surface area (TPSA) is 30.5 Å². The van der Waals surface area contributed by atoms with Crippen LogP contribution in [0.4, 0.5) is 0 Å². The number of methoxy groups -OCH3 is 1. The summed E-state index contributed by atoms with van der Waals surface area (Å²) in [7, 11) is 1.74. The lowest BCUT2D eigenvalue weighted by Gasteiger charge is -2.27. The van der Waals surface area contributed by atoms with Crippen molar-refractivity contribution in [2.24, 2.45) is 11.8 Å². The third-order valence-electron chi connectivity index (χ3n) is 3.62. The number of nitrogens with one attached hydrogen (secondary N) is 1. The van der Waals surface area contributed by atoms with Crippen LogP contribution in [0.5, 0.6) is 0 Å². The van der Waals surface area contributed by atoms with Gasteiger partial charge in [0.05, 0.1) is 19.3 Å². The molecular weight excluding hydrogens is 226 g/mol. The van der Waals surface area contributed by atoms with Crippen molar-refractivity contribution < 1.29 is 9.47 Å². The van der Waals surface area contributed by atoms with E-state index < -0.39 is 0 Å². The highest BCUT2D eigenvalue weighted by Gasteiger charge is 2.20. The van der Waals surface area contributed by atoms with E-state index >= 15 is 0 Å². The van der Waals surface area contributed by atoms with Gasteiger partial charge in [-0.05, 0) is 37.6 Å². The summed E-state index contributed by atoms with van der Waals surface area (Å²) < 4.78 is 11.2. The molecule has 0 amide bonds. The fraction of sp³-hybridized carbons (Fsp3) is 0.867. The Kier molecular flexibility index (Phi) is 8.31. The number of hydrogen-bond acceptors (Lipinski definition) is 3. The minimum atomic E-state index is 0.180. The quantitative estimate of drug-likeness (QED) is 0.507. The summed E-state index contributed by atoms with van der Waals surface area (Å²) >= 11 is 0. The minimum absolute atomic E-state index is 0.180. The van der Waals surface area contributed by atoms with Crippen molar-refractivity contribution in [1.82, 2.24) is 5.32 Å². The van der Waals surface area contributed by atoms with Crippen molar-refractivity contribution >= 4 is 0 Å². The summed E-state index contributed by atoms with van der Waals surface area (Å²) in [4.78, 5) is 0. The predicted molar refractivity (Wildman–Crippen MR) is 75.8 cm³/mol. The Bertz CT molecular complexity index is 231. The fourth-order valence-corrected chi connectivity index (χ4v) is 2.29. The highest BCUT2D eigenvalue weighted by molar-refractivity contribution is 4.93. The number of ether oxygens (including phenoxy) is 2. The smallest absolute Gasteiger partial charge is 0.0932 e. The first-order valence-electron chi connectivity index (χ1n) is 7.24. The number of allylic oxidation sites excluding steroid dienone is 2. The predicted octanol–water partition coefficient (Wildman–Crippen LogP) is 2.62. The van der Waals surface area contributed by atoms with Gasteiger partial charge in [0.25, 0.3) is 0 Å². The van der Waals surface area contributed by atoms with Crippen molar-refractivity contribution in [3.05, 3.63) is 12.2 Å². The number of hydrogen-bond donors (Lipinski definition) is 1. The van der Waals surface area contributed by atoms with Crippen LogP contribution < -0.4 is 5.32 Å². The van der Waals surface area contributed by atoms with Gasteiger partial charge < -0.3 is 14.8 Å². The molecule has 0 fully saturated rings. The van der Waals surface area contributed by atoms with E-state index in [2.05, 4.69) is 31.3 Å². The standard InChI is InChI=1S/C15H29NO2/c1-4-9-16-10-15(12-17-3)18-11-14-8-6-5-7-13(14)2/h5-6,13-16H,4,7-12H2,1-3H3. The maximum atomic E-state index is 6.02. The molecule has 0 radical (unpaired) electrons. The van der Waals surface area contributed by atoms with Crippen molar-refractivity contribution in [3.8, 4) is 0 Å². The highest BCUT2D eigenvalue weighted by atomic mass is 16.5. The van der Waals surface area contributed by atoms with Crippen LogP contribution in [0, 0.1) is 11.8 Å². The van der Waals surface area contributed by atoms with E-state index in [1.165, 1.54) is 6.42 Å². The monoisotopic (exact) mass is 255 g/mol. The lowest BCUT2D eigenvalue weighted by molar-refractivity contribution is -0.0233. The van der Waals surface area contributed by atoms with Gasteiger partial charge in [0.2, 0.25) is 0 Å². The molecule has 0 aliphatic heterocycles. The molecule has 1 rings (SSSR count). The van der Waals surface area contributed by atoms with E-state index in [0.717, 1.165) is 38.5 Å². The van der Waals surface area contributed by atoms with Crippen LogP contribution in [-0.2, 0) is 9.47 Å². The molecule has 0 aromatic carbocycles. The Morgan fingerprint density at radius 1 is 1.33 bits per heavy atom. The average molecular weight is 255 g/mol. The molecule has 3 unspecified atom stereocenters. The Morgan fingerprint density at radius 2 is 2.11 bits per heavy atom. The second-order valence-corrected chi connectivity index (χ2v) is 5.29. The summed E-state index contributed by atoms with van der Waals surface area (Å²) in [5, 5.41) is 3.40. The molecule has 0 bridgehead atoms. The van der Waals surface area contributed by atoms with Crippen molar-refractivity contribution in [2.75, 3.05) is 33.4 Å². The molecule has 1 aliphatic rings. The molecule has 0 saturated carbocycles. The summed E-state index contributed by atoms with van der Waals surface area (Å²) in [6.45, 7) is 7.96. The molecule has 1 N–H and O–H groups in total. The van der Waals surface area contributed by atoms with Crippen molar-refractivity contribution in [3.63, 3.8) is 0 Å². The first-order chi connectivity index (χ1) is 8.77. The highest BCUT2D eigenvalue weighted by Crippen LogP contribution is 2.25. The summed E-state index contributed by atoms with van der Waals surface area (Å²) in [6.07, 6.45) is 8.26.